The standard InChI is InChI=1S/C19H14FN3O5S/c20-13-8-10-16(11-9-13)29(27,28)22-18-7-2-1-6-17(18)19(24)21-14-4-3-5-15(12-14)23(25)26/h1-12,22H,(H,21,24). The topological polar surface area (TPSA) is 118 Å². The molecule has 3 aromatic rings. The average molecular weight is 415 g/mol. The predicted octanol–water partition coefficient (Wildman–Crippen LogP) is 3.79. The molecule has 1 amide bonds. The van der Waals surface area contributed by atoms with Gasteiger partial charge in [-0.15, -0.1) is 0 Å². The minimum Gasteiger partial charge on any atom is -0.322 e. The normalized spacial score (nSPS) is 10.9. The number of hydrogen-bond donors (Lipinski definition) is 2. The summed E-state index contributed by atoms with van der Waals surface area (Å²) >= 11 is 0. The smallest absolute Gasteiger partial charge is 0.271 e. The molecule has 0 heterocycles. The maximum absolute atomic E-state index is 13.0. The van der Waals surface area contributed by atoms with Crippen molar-refractivity contribution < 1.29 is 22.5 Å². The third-order valence-corrected chi connectivity index (χ3v) is 5.24. The Labute approximate surface area is 165 Å². The third-order valence-electron chi connectivity index (χ3n) is 3.85. The number of sulfonamides is 1. The summed E-state index contributed by atoms with van der Waals surface area (Å²) in [5, 5.41) is 13.4. The van der Waals surface area contributed by atoms with Gasteiger partial charge in [-0.2, -0.15) is 0 Å². The second-order valence-corrected chi connectivity index (χ2v) is 7.55. The molecule has 148 valence electrons. The van der Waals surface area contributed by atoms with Crippen LogP contribution in [-0.2, 0) is 10.0 Å². The number of amides is 1. The quantitative estimate of drug-likeness (QED) is 0.469. The Balaban J connectivity index is 1.87. The van der Waals surface area contributed by atoms with E-state index in [0.29, 0.717) is 0 Å². The summed E-state index contributed by atoms with van der Waals surface area (Å²) in [5.41, 5.74) is -0.0158. The van der Waals surface area contributed by atoms with E-state index in [4.69, 9.17) is 0 Å². The van der Waals surface area contributed by atoms with Crippen LogP contribution in [0.1, 0.15) is 10.4 Å². The molecule has 0 aliphatic carbocycles. The number of non-ortho nitro benzene ring substituents is 1. The van der Waals surface area contributed by atoms with Crippen LogP contribution in [0.25, 0.3) is 0 Å². The lowest BCUT2D eigenvalue weighted by Gasteiger charge is -2.13. The molecular weight excluding hydrogens is 401 g/mol. The second kappa shape index (κ2) is 8.07. The van der Waals surface area contributed by atoms with E-state index in [1.54, 1.807) is 0 Å². The third kappa shape index (κ3) is 4.74. The lowest BCUT2D eigenvalue weighted by atomic mass is 10.1. The fourth-order valence-corrected chi connectivity index (χ4v) is 3.56. The number of nitrogens with zero attached hydrogens (tertiary/aromatic N) is 1. The van der Waals surface area contributed by atoms with Crippen LogP contribution < -0.4 is 10.0 Å². The number of carbonyl (C=O) groups excluding carboxylic acids is 1. The minimum absolute atomic E-state index is 0.000226. The molecule has 0 aliphatic rings. The van der Waals surface area contributed by atoms with E-state index in [0.717, 1.165) is 24.3 Å². The molecule has 0 unspecified atom stereocenters. The number of anilines is 2. The largest absolute Gasteiger partial charge is 0.322 e. The van der Waals surface area contributed by atoms with Gasteiger partial charge in [-0.05, 0) is 42.5 Å². The highest BCUT2D eigenvalue weighted by molar-refractivity contribution is 7.92. The zero-order chi connectivity index (χ0) is 21.0. The van der Waals surface area contributed by atoms with Crippen molar-refractivity contribution in [1.82, 2.24) is 0 Å². The summed E-state index contributed by atoms with van der Waals surface area (Å²) < 4.78 is 40.4. The molecular formula is C19H14FN3O5S. The Hall–Kier alpha value is -3.79. The van der Waals surface area contributed by atoms with E-state index < -0.39 is 26.7 Å². The summed E-state index contributed by atoms with van der Waals surface area (Å²) in [7, 11) is -4.06. The molecule has 0 bridgehead atoms. The highest BCUT2D eigenvalue weighted by Gasteiger charge is 2.19. The summed E-state index contributed by atoms with van der Waals surface area (Å²) in [6, 6.07) is 15.4. The lowest BCUT2D eigenvalue weighted by Crippen LogP contribution is -2.18. The fraction of sp³-hybridized carbons (Fsp3) is 0. The van der Waals surface area contributed by atoms with Crippen molar-refractivity contribution in [3.05, 3.63) is 94.3 Å². The summed E-state index contributed by atoms with van der Waals surface area (Å²) in [4.78, 5) is 22.7. The number of carbonyl (C=O) groups is 1. The van der Waals surface area contributed by atoms with E-state index in [2.05, 4.69) is 10.0 Å². The Morgan fingerprint density at radius 1 is 0.966 bits per heavy atom. The number of nitrogens with one attached hydrogen (secondary N) is 2. The summed E-state index contributed by atoms with van der Waals surface area (Å²) in [5.74, 6) is -1.25. The lowest BCUT2D eigenvalue weighted by molar-refractivity contribution is -0.384. The van der Waals surface area contributed by atoms with Gasteiger partial charge in [0.1, 0.15) is 5.82 Å². The first-order valence-corrected chi connectivity index (χ1v) is 9.68. The predicted molar refractivity (Wildman–Crippen MR) is 105 cm³/mol. The van der Waals surface area contributed by atoms with Crippen molar-refractivity contribution in [3.63, 3.8) is 0 Å². The fourth-order valence-electron chi connectivity index (χ4n) is 2.48. The molecule has 0 aromatic heterocycles. The molecule has 0 atom stereocenters. The second-order valence-electron chi connectivity index (χ2n) is 5.87. The van der Waals surface area contributed by atoms with E-state index in [1.165, 1.54) is 48.5 Å². The molecule has 2 N–H and O–H groups in total. The van der Waals surface area contributed by atoms with Crippen molar-refractivity contribution in [2.75, 3.05) is 10.0 Å². The van der Waals surface area contributed by atoms with Gasteiger partial charge in [0, 0.05) is 17.8 Å². The molecule has 0 fully saturated rings. The number of nitro benzene ring substituents is 1. The molecule has 0 saturated carbocycles. The minimum atomic E-state index is -4.06. The highest BCUT2D eigenvalue weighted by Crippen LogP contribution is 2.23. The van der Waals surface area contributed by atoms with Crippen LogP contribution in [-0.4, -0.2) is 19.2 Å². The number of para-hydroxylation sites is 1. The zero-order valence-corrected chi connectivity index (χ0v) is 15.5. The van der Waals surface area contributed by atoms with Crippen LogP contribution in [0.15, 0.2) is 77.7 Å². The molecule has 8 nitrogen and oxygen atoms in total. The highest BCUT2D eigenvalue weighted by atomic mass is 32.2. The van der Waals surface area contributed by atoms with Crippen LogP contribution in [0, 0.1) is 15.9 Å². The van der Waals surface area contributed by atoms with E-state index in [1.807, 2.05) is 0 Å². The van der Waals surface area contributed by atoms with Gasteiger partial charge in [-0.1, -0.05) is 18.2 Å². The average Bonchev–Trinajstić information content (AvgIpc) is 2.68. The van der Waals surface area contributed by atoms with Gasteiger partial charge < -0.3 is 5.32 Å². The number of nitro groups is 1. The van der Waals surface area contributed by atoms with Crippen LogP contribution in [0.2, 0.25) is 0 Å². The number of rotatable bonds is 6. The van der Waals surface area contributed by atoms with Crippen LogP contribution in [0.3, 0.4) is 0 Å². The Morgan fingerprint density at radius 2 is 1.66 bits per heavy atom. The zero-order valence-electron chi connectivity index (χ0n) is 14.7. The van der Waals surface area contributed by atoms with Gasteiger partial charge in [0.15, 0.2) is 0 Å². The van der Waals surface area contributed by atoms with E-state index in [-0.39, 0.29) is 27.5 Å². The molecule has 29 heavy (non-hydrogen) atoms. The molecule has 0 spiro atoms. The van der Waals surface area contributed by atoms with E-state index >= 15 is 0 Å². The molecule has 0 aliphatic heterocycles. The van der Waals surface area contributed by atoms with Crippen LogP contribution in [0.4, 0.5) is 21.5 Å². The maximum atomic E-state index is 13.0. The molecule has 10 heteroatoms. The van der Waals surface area contributed by atoms with E-state index in [9.17, 15) is 27.7 Å². The molecule has 3 aromatic carbocycles. The number of halogens is 1. The molecule has 3 rings (SSSR count). The van der Waals surface area contributed by atoms with Gasteiger partial charge >= 0.3 is 0 Å². The van der Waals surface area contributed by atoms with Crippen molar-refractivity contribution in [1.29, 1.82) is 0 Å². The first kappa shape index (κ1) is 20.0. The van der Waals surface area contributed by atoms with Crippen molar-refractivity contribution in [3.8, 4) is 0 Å². The Bertz CT molecular complexity index is 1180. The Kier molecular flexibility index (Phi) is 5.55. The van der Waals surface area contributed by atoms with Crippen LogP contribution >= 0.6 is 0 Å². The number of benzene rings is 3. The van der Waals surface area contributed by atoms with Crippen molar-refractivity contribution in [2.24, 2.45) is 0 Å². The molecule has 0 saturated heterocycles. The SMILES string of the molecule is O=C(Nc1cccc([N+](=O)[O-])c1)c1ccccc1NS(=O)(=O)c1ccc(F)cc1. The Morgan fingerprint density at radius 3 is 2.34 bits per heavy atom. The number of hydrogen-bond acceptors (Lipinski definition) is 5. The van der Waals surface area contributed by atoms with Crippen LogP contribution in [0.5, 0.6) is 0 Å². The van der Waals surface area contributed by atoms with Crippen molar-refractivity contribution in [2.45, 2.75) is 4.90 Å². The van der Waals surface area contributed by atoms with Gasteiger partial charge in [-0.25, -0.2) is 12.8 Å². The first-order chi connectivity index (χ1) is 13.8. The van der Waals surface area contributed by atoms with Gasteiger partial charge in [0.05, 0.1) is 21.1 Å². The van der Waals surface area contributed by atoms with Crippen molar-refractivity contribution >= 4 is 33.0 Å². The monoisotopic (exact) mass is 415 g/mol. The maximum Gasteiger partial charge on any atom is 0.271 e. The first-order valence-electron chi connectivity index (χ1n) is 8.19. The molecule has 0 radical (unpaired) electrons. The summed E-state index contributed by atoms with van der Waals surface area (Å²) in [6.45, 7) is 0. The summed E-state index contributed by atoms with van der Waals surface area (Å²) in [6.07, 6.45) is 0. The van der Waals surface area contributed by atoms with Gasteiger partial charge in [-0.3, -0.25) is 19.6 Å². The van der Waals surface area contributed by atoms with Gasteiger partial charge in [0.25, 0.3) is 21.6 Å². The van der Waals surface area contributed by atoms with Gasteiger partial charge in [0.2, 0.25) is 0 Å².